The molecule has 0 unspecified atom stereocenters. The summed E-state index contributed by atoms with van der Waals surface area (Å²) in [6.45, 7) is 3.70. The Morgan fingerprint density at radius 1 is 1.50 bits per heavy atom. The van der Waals surface area contributed by atoms with Gasteiger partial charge in [-0.25, -0.2) is 9.97 Å². The van der Waals surface area contributed by atoms with Crippen LogP contribution in [0, 0.1) is 6.92 Å². The summed E-state index contributed by atoms with van der Waals surface area (Å²) in [5.74, 6) is 1.00. The van der Waals surface area contributed by atoms with Crippen molar-refractivity contribution in [3.8, 4) is 0 Å². The number of ether oxygens (including phenoxy) is 1. The summed E-state index contributed by atoms with van der Waals surface area (Å²) in [5.41, 5.74) is 0. The van der Waals surface area contributed by atoms with Crippen LogP contribution in [0.15, 0.2) is 18.6 Å². The van der Waals surface area contributed by atoms with Crippen molar-refractivity contribution in [2.75, 3.05) is 6.61 Å². The third-order valence-electron chi connectivity index (χ3n) is 3.64. The van der Waals surface area contributed by atoms with Gasteiger partial charge in [0, 0.05) is 49.7 Å². The Morgan fingerprint density at radius 2 is 2.40 bits per heavy atom. The van der Waals surface area contributed by atoms with Crippen LogP contribution in [0.4, 0.5) is 0 Å². The first-order chi connectivity index (χ1) is 9.74. The number of imidazole rings is 1. The number of hydrogen-bond acceptors (Lipinski definition) is 5. The fraction of sp³-hybridized carbons (Fsp3) is 0.571. The Bertz CT molecular complexity index is 565. The lowest BCUT2D eigenvalue weighted by Gasteiger charge is -2.32. The molecule has 1 fully saturated rings. The van der Waals surface area contributed by atoms with Crippen LogP contribution in [-0.4, -0.2) is 27.2 Å². The van der Waals surface area contributed by atoms with E-state index in [9.17, 15) is 0 Å². The second-order valence-corrected chi connectivity index (χ2v) is 6.48. The topological polar surface area (TPSA) is 52.0 Å². The molecular weight excluding hydrogens is 272 g/mol. The largest absolute Gasteiger partial charge is 0.369 e. The molecule has 5 nitrogen and oxygen atoms in total. The van der Waals surface area contributed by atoms with Gasteiger partial charge in [-0.05, 0) is 19.8 Å². The Labute approximate surface area is 123 Å². The van der Waals surface area contributed by atoms with Gasteiger partial charge in [-0.3, -0.25) is 0 Å². The number of aryl methyl sites for hydroxylation is 2. The van der Waals surface area contributed by atoms with Gasteiger partial charge in [-0.2, -0.15) is 0 Å². The van der Waals surface area contributed by atoms with Crippen LogP contribution >= 0.6 is 11.3 Å². The molecule has 1 N–H and O–H groups in total. The van der Waals surface area contributed by atoms with Crippen LogP contribution in [0.1, 0.15) is 34.7 Å². The highest BCUT2D eigenvalue weighted by Gasteiger charge is 2.29. The molecule has 1 aliphatic heterocycles. The fourth-order valence-electron chi connectivity index (χ4n) is 2.61. The Hall–Kier alpha value is -1.24. The Morgan fingerprint density at radius 3 is 3.10 bits per heavy atom. The smallest absolute Gasteiger partial charge is 0.139 e. The highest BCUT2D eigenvalue weighted by Crippen LogP contribution is 2.27. The average molecular weight is 292 g/mol. The lowest BCUT2D eigenvalue weighted by Crippen LogP contribution is -2.40. The van der Waals surface area contributed by atoms with Gasteiger partial charge in [0.25, 0.3) is 0 Å². The van der Waals surface area contributed by atoms with Crippen molar-refractivity contribution in [2.45, 2.75) is 38.5 Å². The molecule has 20 heavy (non-hydrogen) atoms. The first-order valence-electron chi connectivity index (χ1n) is 6.97. The molecule has 0 radical (unpaired) electrons. The average Bonchev–Trinajstić information content (AvgIpc) is 3.05. The molecule has 0 saturated carbocycles. The molecule has 108 valence electrons. The number of thiazole rings is 1. The van der Waals surface area contributed by atoms with Gasteiger partial charge in [0.2, 0.25) is 0 Å². The lowest BCUT2D eigenvalue weighted by atomic mass is 10.0. The highest BCUT2D eigenvalue weighted by atomic mass is 32.1. The van der Waals surface area contributed by atoms with Crippen molar-refractivity contribution >= 4 is 11.3 Å². The molecule has 1 saturated heterocycles. The van der Waals surface area contributed by atoms with Crippen LogP contribution in [0.25, 0.3) is 0 Å². The minimum Gasteiger partial charge on any atom is -0.369 e. The van der Waals surface area contributed by atoms with Gasteiger partial charge in [0.15, 0.2) is 0 Å². The summed E-state index contributed by atoms with van der Waals surface area (Å²) < 4.78 is 7.99. The predicted molar refractivity (Wildman–Crippen MR) is 78.6 cm³/mol. The van der Waals surface area contributed by atoms with Crippen molar-refractivity contribution in [3.63, 3.8) is 0 Å². The van der Waals surface area contributed by atoms with Crippen LogP contribution in [0.5, 0.6) is 0 Å². The van der Waals surface area contributed by atoms with E-state index in [1.54, 1.807) is 11.3 Å². The quantitative estimate of drug-likeness (QED) is 0.938. The van der Waals surface area contributed by atoms with E-state index in [2.05, 4.69) is 15.3 Å². The summed E-state index contributed by atoms with van der Waals surface area (Å²) in [4.78, 5) is 10.0. The van der Waals surface area contributed by atoms with Gasteiger partial charge < -0.3 is 14.6 Å². The van der Waals surface area contributed by atoms with Crippen LogP contribution < -0.4 is 5.32 Å². The molecule has 0 spiro atoms. The molecule has 2 atom stereocenters. The SMILES string of the molecule is Cc1ncc(CN[C@H]2CCCO[C@@H]2c2nccn2C)s1. The number of rotatable bonds is 4. The summed E-state index contributed by atoms with van der Waals surface area (Å²) >= 11 is 1.74. The third-order valence-corrected chi connectivity index (χ3v) is 4.56. The molecule has 0 aliphatic carbocycles. The number of nitrogens with zero attached hydrogens (tertiary/aromatic N) is 3. The van der Waals surface area contributed by atoms with Crippen molar-refractivity contribution in [1.82, 2.24) is 19.9 Å². The van der Waals surface area contributed by atoms with Crippen molar-refractivity contribution < 1.29 is 4.74 Å². The second-order valence-electron chi connectivity index (χ2n) is 5.16. The van der Waals surface area contributed by atoms with E-state index >= 15 is 0 Å². The predicted octanol–water partition coefficient (Wildman–Crippen LogP) is 2.19. The number of aromatic nitrogens is 3. The maximum atomic E-state index is 5.95. The maximum absolute atomic E-state index is 5.95. The van der Waals surface area contributed by atoms with Gasteiger partial charge in [0.1, 0.15) is 11.9 Å². The third kappa shape index (κ3) is 2.92. The van der Waals surface area contributed by atoms with Gasteiger partial charge in [-0.1, -0.05) is 0 Å². The van der Waals surface area contributed by atoms with E-state index in [4.69, 9.17) is 4.74 Å². The van der Waals surface area contributed by atoms with Gasteiger partial charge >= 0.3 is 0 Å². The molecule has 0 bridgehead atoms. The summed E-state index contributed by atoms with van der Waals surface area (Å²) in [5, 5.41) is 4.72. The molecule has 1 aliphatic rings. The standard InChI is InChI=1S/C14H20N4OS/c1-10-16-8-11(20-10)9-17-12-4-3-7-19-13(12)14-15-5-6-18(14)2/h5-6,8,12-13,17H,3-4,7,9H2,1-2H3/t12-,13-/m0/s1. The van der Waals surface area contributed by atoms with Crippen LogP contribution in [0.2, 0.25) is 0 Å². The summed E-state index contributed by atoms with van der Waals surface area (Å²) in [6, 6.07) is 0.312. The van der Waals surface area contributed by atoms with Crippen LogP contribution in [-0.2, 0) is 18.3 Å². The first kappa shape index (κ1) is 13.7. The van der Waals surface area contributed by atoms with Gasteiger partial charge in [0.05, 0.1) is 5.01 Å². The minimum atomic E-state index is 0.0396. The Balaban J connectivity index is 1.68. The van der Waals surface area contributed by atoms with E-state index < -0.39 is 0 Å². The van der Waals surface area contributed by atoms with E-state index in [1.165, 1.54) is 4.88 Å². The van der Waals surface area contributed by atoms with E-state index in [0.29, 0.717) is 6.04 Å². The zero-order valence-corrected chi connectivity index (χ0v) is 12.7. The molecule has 3 rings (SSSR count). The van der Waals surface area contributed by atoms with Crippen LogP contribution in [0.3, 0.4) is 0 Å². The highest BCUT2D eigenvalue weighted by molar-refractivity contribution is 7.11. The molecular formula is C14H20N4OS. The fourth-order valence-corrected chi connectivity index (χ4v) is 3.36. The molecule has 2 aromatic heterocycles. The molecule has 0 aromatic carbocycles. The van der Waals surface area contributed by atoms with Crippen molar-refractivity contribution in [3.05, 3.63) is 34.3 Å². The normalized spacial score (nSPS) is 23.1. The molecule has 2 aromatic rings. The zero-order valence-electron chi connectivity index (χ0n) is 11.9. The second kappa shape index (κ2) is 6.03. The zero-order chi connectivity index (χ0) is 13.9. The lowest BCUT2D eigenvalue weighted by molar-refractivity contribution is -0.0177. The molecule has 3 heterocycles. The maximum Gasteiger partial charge on any atom is 0.139 e. The number of hydrogen-bond donors (Lipinski definition) is 1. The summed E-state index contributed by atoms with van der Waals surface area (Å²) in [7, 11) is 2.02. The molecule has 0 amide bonds. The molecule has 6 heteroatoms. The van der Waals surface area contributed by atoms with Crippen molar-refractivity contribution in [1.29, 1.82) is 0 Å². The van der Waals surface area contributed by atoms with Gasteiger partial charge in [-0.15, -0.1) is 11.3 Å². The van der Waals surface area contributed by atoms with E-state index in [0.717, 1.165) is 36.8 Å². The number of nitrogens with one attached hydrogen (secondary N) is 1. The van der Waals surface area contributed by atoms with E-state index in [-0.39, 0.29) is 6.10 Å². The minimum absolute atomic E-state index is 0.0396. The Kier molecular flexibility index (Phi) is 4.14. The monoisotopic (exact) mass is 292 g/mol. The summed E-state index contributed by atoms with van der Waals surface area (Å²) in [6.07, 6.45) is 8.01. The van der Waals surface area contributed by atoms with Crippen molar-refractivity contribution in [2.24, 2.45) is 7.05 Å². The van der Waals surface area contributed by atoms with E-state index in [1.807, 2.05) is 37.1 Å². The first-order valence-corrected chi connectivity index (χ1v) is 7.79.